The van der Waals surface area contributed by atoms with Crippen LogP contribution in [0.3, 0.4) is 0 Å². The van der Waals surface area contributed by atoms with Crippen molar-refractivity contribution in [2.45, 2.75) is 46.7 Å². The molecule has 0 radical (unpaired) electrons. The van der Waals surface area contributed by atoms with Crippen molar-refractivity contribution < 1.29 is 9.59 Å². The van der Waals surface area contributed by atoms with Gasteiger partial charge in [0.05, 0.1) is 5.39 Å². The summed E-state index contributed by atoms with van der Waals surface area (Å²) in [6.07, 6.45) is 0.851. The first-order valence-corrected chi connectivity index (χ1v) is 9.45. The molecule has 3 rings (SSSR count). The van der Waals surface area contributed by atoms with Crippen LogP contribution in [0, 0.1) is 6.92 Å². The number of aromatic nitrogens is 3. The van der Waals surface area contributed by atoms with Crippen LogP contribution in [0.4, 0.5) is 5.82 Å². The monoisotopic (exact) mass is 379 g/mol. The van der Waals surface area contributed by atoms with Crippen molar-refractivity contribution in [1.82, 2.24) is 20.1 Å². The Morgan fingerprint density at radius 3 is 2.43 bits per heavy atom. The second-order valence-corrected chi connectivity index (χ2v) is 7.09. The molecule has 28 heavy (non-hydrogen) atoms. The van der Waals surface area contributed by atoms with Crippen molar-refractivity contribution in [3.05, 3.63) is 53.2 Å². The van der Waals surface area contributed by atoms with Crippen LogP contribution >= 0.6 is 0 Å². The predicted octanol–water partition coefficient (Wildman–Crippen LogP) is 3.54. The number of anilines is 1. The zero-order valence-electron chi connectivity index (χ0n) is 16.6. The fraction of sp³-hybridized carbons (Fsp3) is 0.333. The summed E-state index contributed by atoms with van der Waals surface area (Å²) in [5.41, 5.74) is 2.58. The molecule has 0 saturated carbocycles. The molecule has 1 aromatic carbocycles. The van der Waals surface area contributed by atoms with E-state index in [4.69, 9.17) is 0 Å². The fourth-order valence-corrected chi connectivity index (χ4v) is 2.88. The lowest BCUT2D eigenvalue weighted by Gasteiger charge is -2.07. The Hall–Kier alpha value is -3.22. The third-order valence-electron chi connectivity index (χ3n) is 4.22. The Balaban J connectivity index is 1.93. The quantitative estimate of drug-likeness (QED) is 0.686. The van der Waals surface area contributed by atoms with Gasteiger partial charge in [0.15, 0.2) is 11.3 Å². The first-order chi connectivity index (χ1) is 13.4. The van der Waals surface area contributed by atoms with Crippen molar-refractivity contribution in [3.63, 3.8) is 0 Å². The Labute approximate surface area is 164 Å². The van der Waals surface area contributed by atoms with Crippen LogP contribution in [0.25, 0.3) is 11.0 Å². The molecule has 0 aliphatic rings. The highest BCUT2D eigenvalue weighted by molar-refractivity contribution is 6.06. The normalized spacial score (nSPS) is 11.0. The summed E-state index contributed by atoms with van der Waals surface area (Å²) in [6, 6.07) is 10.8. The van der Waals surface area contributed by atoms with E-state index in [0.29, 0.717) is 34.7 Å². The molecule has 7 nitrogen and oxygen atoms in total. The van der Waals surface area contributed by atoms with E-state index in [1.807, 2.05) is 39.8 Å². The third kappa shape index (κ3) is 4.19. The summed E-state index contributed by atoms with van der Waals surface area (Å²) < 4.78 is 1.71. The standard InChI is InChI=1S/C21H25N5O2/c1-5-12-26-19-16(18(25-26)21(28)22-13(2)3)10-11-17(23-19)24-20(27)15-8-6-14(4)7-9-15/h6-11,13H,5,12H2,1-4H3,(H,22,28)(H,23,24,27). The van der Waals surface area contributed by atoms with Crippen LogP contribution in [0.1, 0.15) is 53.6 Å². The number of aryl methyl sites for hydroxylation is 2. The first-order valence-electron chi connectivity index (χ1n) is 9.45. The van der Waals surface area contributed by atoms with E-state index < -0.39 is 0 Å². The minimum atomic E-state index is -0.230. The first kappa shape index (κ1) is 19.5. The number of carbonyl (C=O) groups is 2. The van der Waals surface area contributed by atoms with Gasteiger partial charge in [-0.15, -0.1) is 0 Å². The van der Waals surface area contributed by atoms with Gasteiger partial charge in [-0.05, 0) is 51.5 Å². The lowest BCUT2D eigenvalue weighted by atomic mass is 10.1. The van der Waals surface area contributed by atoms with Crippen LogP contribution in [0.5, 0.6) is 0 Å². The maximum Gasteiger partial charge on any atom is 0.272 e. The SMILES string of the molecule is CCCn1nc(C(=O)NC(C)C)c2ccc(NC(=O)c3ccc(C)cc3)nc21. The van der Waals surface area contributed by atoms with Crippen LogP contribution in [-0.4, -0.2) is 32.6 Å². The van der Waals surface area contributed by atoms with Crippen LogP contribution < -0.4 is 10.6 Å². The van der Waals surface area contributed by atoms with Crippen molar-refractivity contribution in [3.8, 4) is 0 Å². The Bertz CT molecular complexity index is 1010. The predicted molar refractivity (Wildman–Crippen MR) is 110 cm³/mol. The molecule has 0 fully saturated rings. The van der Waals surface area contributed by atoms with E-state index in [-0.39, 0.29) is 17.9 Å². The number of hydrogen-bond acceptors (Lipinski definition) is 4. The van der Waals surface area contributed by atoms with Gasteiger partial charge >= 0.3 is 0 Å². The minimum Gasteiger partial charge on any atom is -0.348 e. The second-order valence-electron chi connectivity index (χ2n) is 7.09. The van der Waals surface area contributed by atoms with E-state index >= 15 is 0 Å². The van der Waals surface area contributed by atoms with Gasteiger partial charge in [0.2, 0.25) is 0 Å². The van der Waals surface area contributed by atoms with E-state index in [9.17, 15) is 9.59 Å². The van der Waals surface area contributed by atoms with Gasteiger partial charge in [-0.1, -0.05) is 24.6 Å². The van der Waals surface area contributed by atoms with Crippen molar-refractivity contribution in [1.29, 1.82) is 0 Å². The topological polar surface area (TPSA) is 88.9 Å². The molecular weight excluding hydrogens is 354 g/mol. The molecule has 0 unspecified atom stereocenters. The molecule has 146 valence electrons. The van der Waals surface area contributed by atoms with Gasteiger partial charge in [0, 0.05) is 18.2 Å². The number of pyridine rings is 1. The van der Waals surface area contributed by atoms with Gasteiger partial charge in [-0.2, -0.15) is 5.10 Å². The molecule has 0 atom stereocenters. The smallest absolute Gasteiger partial charge is 0.272 e. The Kier molecular flexibility index (Phi) is 5.73. The zero-order chi connectivity index (χ0) is 20.3. The van der Waals surface area contributed by atoms with E-state index in [1.165, 1.54) is 0 Å². The number of rotatable bonds is 6. The summed E-state index contributed by atoms with van der Waals surface area (Å²) in [4.78, 5) is 29.5. The van der Waals surface area contributed by atoms with E-state index in [0.717, 1.165) is 12.0 Å². The Morgan fingerprint density at radius 2 is 1.79 bits per heavy atom. The highest BCUT2D eigenvalue weighted by Crippen LogP contribution is 2.20. The number of benzene rings is 1. The zero-order valence-corrected chi connectivity index (χ0v) is 16.6. The van der Waals surface area contributed by atoms with Crippen molar-refractivity contribution in [2.24, 2.45) is 0 Å². The molecule has 0 aliphatic carbocycles. The molecule has 0 spiro atoms. The van der Waals surface area contributed by atoms with Crippen LogP contribution in [0.15, 0.2) is 36.4 Å². The van der Waals surface area contributed by atoms with Crippen molar-refractivity contribution >= 4 is 28.7 Å². The van der Waals surface area contributed by atoms with Crippen LogP contribution in [-0.2, 0) is 6.54 Å². The Morgan fingerprint density at radius 1 is 1.07 bits per heavy atom. The number of nitrogens with zero attached hydrogens (tertiary/aromatic N) is 3. The molecule has 0 bridgehead atoms. The summed E-state index contributed by atoms with van der Waals surface area (Å²) >= 11 is 0. The molecule has 2 heterocycles. The summed E-state index contributed by atoms with van der Waals surface area (Å²) in [5, 5.41) is 10.8. The average molecular weight is 379 g/mol. The number of amides is 2. The largest absolute Gasteiger partial charge is 0.348 e. The maximum absolute atomic E-state index is 12.5. The number of hydrogen-bond donors (Lipinski definition) is 2. The van der Waals surface area contributed by atoms with E-state index in [2.05, 4.69) is 20.7 Å². The van der Waals surface area contributed by atoms with Gasteiger partial charge in [0.25, 0.3) is 11.8 Å². The van der Waals surface area contributed by atoms with Gasteiger partial charge in [-0.25, -0.2) is 9.67 Å². The fourth-order valence-electron chi connectivity index (χ4n) is 2.88. The molecule has 0 aliphatic heterocycles. The van der Waals surface area contributed by atoms with E-state index in [1.54, 1.807) is 28.9 Å². The summed E-state index contributed by atoms with van der Waals surface area (Å²) in [5.74, 6) is -0.0366. The summed E-state index contributed by atoms with van der Waals surface area (Å²) in [6.45, 7) is 8.44. The number of carbonyl (C=O) groups excluding carboxylic acids is 2. The molecule has 7 heteroatoms. The molecule has 2 amide bonds. The minimum absolute atomic E-state index is 0.0138. The number of nitrogens with one attached hydrogen (secondary N) is 2. The third-order valence-corrected chi connectivity index (χ3v) is 4.22. The molecular formula is C21H25N5O2. The lowest BCUT2D eigenvalue weighted by molar-refractivity contribution is 0.0938. The highest BCUT2D eigenvalue weighted by atomic mass is 16.2. The van der Waals surface area contributed by atoms with Gasteiger partial charge in [0.1, 0.15) is 5.82 Å². The maximum atomic E-state index is 12.5. The van der Waals surface area contributed by atoms with Crippen LogP contribution in [0.2, 0.25) is 0 Å². The molecule has 2 aromatic heterocycles. The highest BCUT2D eigenvalue weighted by Gasteiger charge is 2.19. The molecule has 2 N–H and O–H groups in total. The molecule has 0 saturated heterocycles. The summed E-state index contributed by atoms with van der Waals surface area (Å²) in [7, 11) is 0. The van der Waals surface area contributed by atoms with Gasteiger partial charge in [-0.3, -0.25) is 9.59 Å². The second kappa shape index (κ2) is 8.21. The molecule has 3 aromatic rings. The number of fused-ring (bicyclic) bond motifs is 1. The van der Waals surface area contributed by atoms with Crippen molar-refractivity contribution in [2.75, 3.05) is 5.32 Å². The average Bonchev–Trinajstić information content (AvgIpc) is 3.00. The lowest BCUT2D eigenvalue weighted by Crippen LogP contribution is -2.30. The van der Waals surface area contributed by atoms with Gasteiger partial charge < -0.3 is 10.6 Å².